The SMILES string of the molecule is Cn1nc(-c2ccc(F)nc2)nc1Nc1ccc(-c2ccnc(N)n2)cc1. The average molecular weight is 362 g/mol. The maximum atomic E-state index is 13.0. The summed E-state index contributed by atoms with van der Waals surface area (Å²) >= 11 is 0. The topological polar surface area (TPSA) is 107 Å². The predicted octanol–water partition coefficient (Wildman–Crippen LogP) is 2.80. The van der Waals surface area contributed by atoms with E-state index in [1.807, 2.05) is 24.3 Å². The van der Waals surface area contributed by atoms with Gasteiger partial charge in [0.25, 0.3) is 0 Å². The first-order valence-corrected chi connectivity index (χ1v) is 8.07. The highest BCUT2D eigenvalue weighted by Gasteiger charge is 2.10. The van der Waals surface area contributed by atoms with Crippen LogP contribution in [0.2, 0.25) is 0 Å². The van der Waals surface area contributed by atoms with Crippen LogP contribution in [-0.2, 0) is 7.05 Å². The molecule has 3 heterocycles. The first kappa shape index (κ1) is 16.6. The van der Waals surface area contributed by atoms with E-state index < -0.39 is 5.95 Å². The molecule has 27 heavy (non-hydrogen) atoms. The molecule has 0 amide bonds. The second-order valence-electron chi connectivity index (χ2n) is 5.75. The third-order valence-corrected chi connectivity index (χ3v) is 3.86. The molecule has 0 aliphatic carbocycles. The van der Waals surface area contributed by atoms with E-state index in [-0.39, 0.29) is 5.95 Å². The Hall–Kier alpha value is -3.88. The summed E-state index contributed by atoms with van der Waals surface area (Å²) in [6.45, 7) is 0. The van der Waals surface area contributed by atoms with E-state index in [2.05, 4.69) is 30.4 Å². The summed E-state index contributed by atoms with van der Waals surface area (Å²) in [6, 6.07) is 12.3. The molecule has 0 aliphatic heterocycles. The lowest BCUT2D eigenvalue weighted by Gasteiger charge is -2.06. The van der Waals surface area contributed by atoms with Crippen LogP contribution in [0.5, 0.6) is 0 Å². The minimum Gasteiger partial charge on any atom is -0.368 e. The third-order valence-electron chi connectivity index (χ3n) is 3.86. The average Bonchev–Trinajstić information content (AvgIpc) is 3.03. The van der Waals surface area contributed by atoms with Crippen molar-refractivity contribution in [1.82, 2.24) is 29.7 Å². The lowest BCUT2D eigenvalue weighted by atomic mass is 10.1. The van der Waals surface area contributed by atoms with Gasteiger partial charge in [0, 0.05) is 36.3 Å². The molecule has 0 spiro atoms. The van der Waals surface area contributed by atoms with Gasteiger partial charge < -0.3 is 11.1 Å². The van der Waals surface area contributed by atoms with Crippen LogP contribution >= 0.6 is 0 Å². The minimum atomic E-state index is -0.543. The van der Waals surface area contributed by atoms with Crippen molar-refractivity contribution >= 4 is 17.6 Å². The van der Waals surface area contributed by atoms with Crippen molar-refractivity contribution in [1.29, 1.82) is 0 Å². The van der Waals surface area contributed by atoms with Crippen LogP contribution < -0.4 is 11.1 Å². The lowest BCUT2D eigenvalue weighted by Crippen LogP contribution is -2.00. The number of aromatic nitrogens is 6. The highest BCUT2D eigenvalue weighted by molar-refractivity contribution is 5.65. The summed E-state index contributed by atoms with van der Waals surface area (Å²) in [5.74, 6) is 0.698. The molecule has 0 bridgehead atoms. The van der Waals surface area contributed by atoms with E-state index in [0.29, 0.717) is 17.3 Å². The van der Waals surface area contributed by atoms with E-state index in [1.54, 1.807) is 30.1 Å². The first-order valence-electron chi connectivity index (χ1n) is 8.07. The molecule has 3 N–H and O–H groups in total. The Labute approximate surface area is 154 Å². The van der Waals surface area contributed by atoms with Gasteiger partial charge in [-0.2, -0.15) is 9.37 Å². The second-order valence-corrected chi connectivity index (χ2v) is 5.75. The van der Waals surface area contributed by atoms with Crippen LogP contribution in [0, 0.1) is 5.95 Å². The zero-order chi connectivity index (χ0) is 18.8. The van der Waals surface area contributed by atoms with Crippen molar-refractivity contribution in [2.75, 3.05) is 11.1 Å². The molecule has 4 aromatic rings. The van der Waals surface area contributed by atoms with Gasteiger partial charge in [-0.3, -0.25) is 0 Å². The van der Waals surface area contributed by atoms with Gasteiger partial charge in [-0.15, -0.1) is 5.10 Å². The quantitative estimate of drug-likeness (QED) is 0.538. The van der Waals surface area contributed by atoms with Gasteiger partial charge in [-0.1, -0.05) is 12.1 Å². The van der Waals surface area contributed by atoms with Crippen LogP contribution in [0.15, 0.2) is 54.9 Å². The Bertz CT molecular complexity index is 1070. The minimum absolute atomic E-state index is 0.233. The smallest absolute Gasteiger partial charge is 0.225 e. The number of halogens is 1. The molecular formula is C18H15FN8. The molecular weight excluding hydrogens is 347 g/mol. The molecule has 8 nitrogen and oxygen atoms in total. The van der Waals surface area contributed by atoms with Crippen LogP contribution in [0.3, 0.4) is 0 Å². The number of benzene rings is 1. The van der Waals surface area contributed by atoms with Gasteiger partial charge >= 0.3 is 0 Å². The summed E-state index contributed by atoms with van der Waals surface area (Å²) in [5.41, 5.74) is 8.77. The molecule has 4 rings (SSSR count). The molecule has 0 radical (unpaired) electrons. The number of pyridine rings is 1. The summed E-state index contributed by atoms with van der Waals surface area (Å²) in [5, 5.41) is 7.53. The van der Waals surface area contributed by atoms with Gasteiger partial charge in [-0.25, -0.2) is 19.6 Å². The zero-order valence-electron chi connectivity index (χ0n) is 14.3. The number of anilines is 3. The number of nitrogen functional groups attached to an aromatic ring is 1. The van der Waals surface area contributed by atoms with Gasteiger partial charge in [-0.05, 0) is 30.3 Å². The summed E-state index contributed by atoms with van der Waals surface area (Å²) < 4.78 is 14.6. The maximum absolute atomic E-state index is 13.0. The highest BCUT2D eigenvalue weighted by Crippen LogP contribution is 2.23. The number of hydrogen-bond donors (Lipinski definition) is 2. The molecule has 0 unspecified atom stereocenters. The molecule has 0 saturated carbocycles. The number of rotatable bonds is 4. The summed E-state index contributed by atoms with van der Waals surface area (Å²) in [4.78, 5) is 16.2. The standard InChI is InChI=1S/C18H15FN8/c1-27-18(25-16(26-27)12-4-7-15(19)22-10-12)23-13-5-2-11(3-6-13)14-8-9-21-17(20)24-14/h2-10H,1H3,(H2,20,21,24)(H,23,25,26). The summed E-state index contributed by atoms with van der Waals surface area (Å²) in [6.07, 6.45) is 3.02. The molecule has 0 aliphatic rings. The maximum Gasteiger partial charge on any atom is 0.225 e. The Morgan fingerprint density at radius 3 is 2.44 bits per heavy atom. The first-order chi connectivity index (χ1) is 13.1. The van der Waals surface area contributed by atoms with E-state index >= 15 is 0 Å². The Kier molecular flexibility index (Phi) is 4.17. The van der Waals surface area contributed by atoms with Crippen molar-refractivity contribution in [3.05, 3.63) is 60.8 Å². The molecule has 9 heteroatoms. The van der Waals surface area contributed by atoms with Crippen molar-refractivity contribution in [2.45, 2.75) is 0 Å². The van der Waals surface area contributed by atoms with Gasteiger partial charge in [0.1, 0.15) is 0 Å². The molecule has 134 valence electrons. The normalized spacial score (nSPS) is 10.7. The van der Waals surface area contributed by atoms with Gasteiger partial charge in [0.2, 0.25) is 17.8 Å². The van der Waals surface area contributed by atoms with Crippen molar-refractivity contribution in [2.24, 2.45) is 7.05 Å². The van der Waals surface area contributed by atoms with Crippen LogP contribution in [-0.4, -0.2) is 29.7 Å². The molecule has 0 fully saturated rings. The van der Waals surface area contributed by atoms with Crippen LogP contribution in [0.25, 0.3) is 22.6 Å². The molecule has 1 aromatic carbocycles. The molecule has 0 saturated heterocycles. The van der Waals surface area contributed by atoms with Crippen molar-refractivity contribution < 1.29 is 4.39 Å². The van der Waals surface area contributed by atoms with Gasteiger partial charge in [0.05, 0.1) is 5.69 Å². The highest BCUT2D eigenvalue weighted by atomic mass is 19.1. The fourth-order valence-electron chi connectivity index (χ4n) is 2.51. The van der Waals surface area contributed by atoms with Crippen LogP contribution in [0.4, 0.5) is 22.0 Å². The largest absolute Gasteiger partial charge is 0.368 e. The molecule has 0 atom stereocenters. The van der Waals surface area contributed by atoms with E-state index in [9.17, 15) is 4.39 Å². The zero-order valence-corrected chi connectivity index (χ0v) is 14.3. The summed E-state index contributed by atoms with van der Waals surface area (Å²) in [7, 11) is 1.77. The van der Waals surface area contributed by atoms with Crippen molar-refractivity contribution in [3.63, 3.8) is 0 Å². The third kappa shape index (κ3) is 3.56. The Morgan fingerprint density at radius 1 is 0.963 bits per heavy atom. The number of nitrogens with zero attached hydrogens (tertiary/aromatic N) is 6. The predicted molar refractivity (Wildman–Crippen MR) is 99.4 cm³/mol. The van der Waals surface area contributed by atoms with E-state index in [0.717, 1.165) is 16.9 Å². The number of hydrogen-bond acceptors (Lipinski definition) is 7. The number of nitrogens with one attached hydrogen (secondary N) is 1. The Balaban J connectivity index is 1.55. The monoisotopic (exact) mass is 362 g/mol. The Morgan fingerprint density at radius 2 is 1.74 bits per heavy atom. The van der Waals surface area contributed by atoms with Crippen molar-refractivity contribution in [3.8, 4) is 22.6 Å². The number of nitrogens with two attached hydrogens (primary N) is 1. The molecule has 3 aromatic heterocycles. The van der Waals surface area contributed by atoms with E-state index in [4.69, 9.17) is 5.73 Å². The van der Waals surface area contributed by atoms with Gasteiger partial charge in [0.15, 0.2) is 5.82 Å². The van der Waals surface area contributed by atoms with E-state index in [1.165, 1.54) is 12.3 Å². The van der Waals surface area contributed by atoms with Crippen LogP contribution in [0.1, 0.15) is 0 Å². The number of aryl methyl sites for hydroxylation is 1. The second kappa shape index (κ2) is 6.79. The fourth-order valence-corrected chi connectivity index (χ4v) is 2.51. The fraction of sp³-hybridized carbons (Fsp3) is 0.0556. The lowest BCUT2D eigenvalue weighted by molar-refractivity contribution is 0.584.